The van der Waals surface area contributed by atoms with Gasteiger partial charge < -0.3 is 15.1 Å². The number of aromatic nitrogens is 1. The number of nitrogens with one attached hydrogen (secondary N) is 2. The molecule has 0 spiro atoms. The van der Waals surface area contributed by atoms with Crippen molar-refractivity contribution in [3.63, 3.8) is 0 Å². The summed E-state index contributed by atoms with van der Waals surface area (Å²) in [6.45, 7) is 1.54. The van der Waals surface area contributed by atoms with Crippen molar-refractivity contribution in [3.05, 3.63) is 69.6 Å². The Balaban J connectivity index is 1.51. The summed E-state index contributed by atoms with van der Waals surface area (Å²) in [6.07, 6.45) is 3.83. The van der Waals surface area contributed by atoms with Crippen molar-refractivity contribution >= 4 is 39.9 Å². The van der Waals surface area contributed by atoms with Crippen LogP contribution in [0.15, 0.2) is 47.2 Å². The predicted octanol–water partition coefficient (Wildman–Crippen LogP) is 3.66. The molecule has 0 unspecified atom stereocenters. The number of halogens is 1. The number of carbonyl (C=O) groups is 2. The molecule has 2 N–H and O–H groups in total. The summed E-state index contributed by atoms with van der Waals surface area (Å²) in [4.78, 5) is 29.1. The predicted molar refractivity (Wildman–Crippen MR) is 101 cm³/mol. The Morgan fingerprint density at radius 3 is 2.88 bits per heavy atom. The van der Waals surface area contributed by atoms with Crippen LogP contribution in [0.2, 0.25) is 5.02 Å². The normalized spacial score (nSPS) is 10.5. The lowest BCUT2D eigenvalue weighted by Gasteiger charge is -2.04. The van der Waals surface area contributed by atoms with Crippen LogP contribution in [0.3, 0.4) is 0 Å². The first-order chi connectivity index (χ1) is 12.5. The minimum atomic E-state index is -0.354. The molecule has 134 valence electrons. The zero-order valence-electron chi connectivity index (χ0n) is 13.9. The molecule has 0 aliphatic heterocycles. The maximum atomic E-state index is 12.0. The standard InChI is InChI=1S/C18H16ClN3O3S/c1-11-15(5-6-25-11)17(24)20-10-16(23)22-18-21-9-14(26-18)8-12-3-2-4-13(19)7-12/h2-7,9H,8,10H2,1H3,(H,20,24)(H,21,22,23). The van der Waals surface area contributed by atoms with Crippen molar-refractivity contribution in [2.45, 2.75) is 13.3 Å². The summed E-state index contributed by atoms with van der Waals surface area (Å²) in [6, 6.07) is 9.16. The number of rotatable bonds is 6. The fraction of sp³-hybridized carbons (Fsp3) is 0.167. The third-order valence-corrected chi connectivity index (χ3v) is 4.73. The number of hydrogen-bond donors (Lipinski definition) is 2. The van der Waals surface area contributed by atoms with Crippen LogP contribution >= 0.6 is 22.9 Å². The quantitative estimate of drug-likeness (QED) is 0.673. The second kappa shape index (κ2) is 8.16. The molecule has 0 atom stereocenters. The highest BCUT2D eigenvalue weighted by molar-refractivity contribution is 7.15. The fourth-order valence-corrected chi connectivity index (χ4v) is 3.41. The van der Waals surface area contributed by atoms with Crippen LogP contribution in [-0.4, -0.2) is 23.3 Å². The van der Waals surface area contributed by atoms with E-state index in [-0.39, 0.29) is 18.4 Å². The van der Waals surface area contributed by atoms with Crippen molar-refractivity contribution in [1.82, 2.24) is 10.3 Å². The molecule has 2 aromatic heterocycles. The lowest BCUT2D eigenvalue weighted by Crippen LogP contribution is -2.32. The van der Waals surface area contributed by atoms with Gasteiger partial charge >= 0.3 is 0 Å². The topological polar surface area (TPSA) is 84.2 Å². The smallest absolute Gasteiger partial charge is 0.255 e. The molecule has 0 aliphatic carbocycles. The Kier molecular flexibility index (Phi) is 5.70. The van der Waals surface area contributed by atoms with Crippen LogP contribution in [0.4, 0.5) is 5.13 Å². The van der Waals surface area contributed by atoms with Gasteiger partial charge in [-0.2, -0.15) is 0 Å². The van der Waals surface area contributed by atoms with Crippen LogP contribution in [0, 0.1) is 6.92 Å². The van der Waals surface area contributed by atoms with E-state index >= 15 is 0 Å². The maximum Gasteiger partial charge on any atom is 0.255 e. The summed E-state index contributed by atoms with van der Waals surface area (Å²) in [5.74, 6) is -0.191. The molecule has 0 aliphatic rings. The van der Waals surface area contributed by atoms with Gasteiger partial charge in [-0.05, 0) is 30.7 Å². The largest absolute Gasteiger partial charge is 0.469 e. The van der Waals surface area contributed by atoms with E-state index < -0.39 is 0 Å². The molecule has 0 radical (unpaired) electrons. The van der Waals surface area contributed by atoms with Gasteiger partial charge in [0, 0.05) is 22.5 Å². The number of hydrogen-bond acceptors (Lipinski definition) is 5. The number of benzene rings is 1. The molecule has 2 heterocycles. The van der Waals surface area contributed by atoms with Crippen molar-refractivity contribution in [2.24, 2.45) is 0 Å². The van der Waals surface area contributed by atoms with Gasteiger partial charge in [0.15, 0.2) is 5.13 Å². The number of amides is 2. The van der Waals surface area contributed by atoms with E-state index in [1.165, 1.54) is 17.6 Å². The van der Waals surface area contributed by atoms with Gasteiger partial charge in [-0.1, -0.05) is 23.7 Å². The first-order valence-electron chi connectivity index (χ1n) is 7.82. The van der Waals surface area contributed by atoms with Gasteiger partial charge in [0.05, 0.1) is 18.4 Å². The van der Waals surface area contributed by atoms with Crippen molar-refractivity contribution in [3.8, 4) is 0 Å². The van der Waals surface area contributed by atoms with E-state index in [1.807, 2.05) is 24.3 Å². The second-order valence-electron chi connectivity index (χ2n) is 5.56. The van der Waals surface area contributed by atoms with Crippen molar-refractivity contribution in [2.75, 3.05) is 11.9 Å². The molecular formula is C18H16ClN3O3S. The number of aryl methyl sites for hydroxylation is 1. The van der Waals surface area contributed by atoms with Gasteiger partial charge in [-0.15, -0.1) is 11.3 Å². The Morgan fingerprint density at radius 1 is 1.31 bits per heavy atom. The molecule has 0 saturated carbocycles. The molecule has 0 saturated heterocycles. The first kappa shape index (κ1) is 18.2. The summed E-state index contributed by atoms with van der Waals surface area (Å²) >= 11 is 7.37. The number of anilines is 1. The van der Waals surface area contributed by atoms with Crippen LogP contribution in [-0.2, 0) is 11.2 Å². The molecular weight excluding hydrogens is 374 g/mol. The molecule has 6 nitrogen and oxygen atoms in total. The Morgan fingerprint density at radius 2 is 2.15 bits per heavy atom. The molecule has 26 heavy (non-hydrogen) atoms. The number of furan rings is 1. The monoisotopic (exact) mass is 389 g/mol. The van der Waals surface area contributed by atoms with E-state index in [1.54, 1.807) is 19.2 Å². The van der Waals surface area contributed by atoms with Crippen LogP contribution in [0.25, 0.3) is 0 Å². The van der Waals surface area contributed by atoms with Crippen molar-refractivity contribution in [1.29, 1.82) is 0 Å². The molecule has 3 aromatic rings. The van der Waals surface area contributed by atoms with E-state index in [2.05, 4.69) is 15.6 Å². The summed E-state index contributed by atoms with van der Waals surface area (Å²) in [5.41, 5.74) is 1.48. The minimum Gasteiger partial charge on any atom is -0.469 e. The molecule has 1 aromatic carbocycles. The fourth-order valence-electron chi connectivity index (χ4n) is 2.33. The zero-order valence-corrected chi connectivity index (χ0v) is 15.5. The highest BCUT2D eigenvalue weighted by Crippen LogP contribution is 2.22. The zero-order chi connectivity index (χ0) is 18.5. The van der Waals surface area contributed by atoms with E-state index in [9.17, 15) is 9.59 Å². The number of thiazole rings is 1. The Labute approximate surface area is 159 Å². The van der Waals surface area contributed by atoms with E-state index in [4.69, 9.17) is 16.0 Å². The molecule has 2 amide bonds. The van der Waals surface area contributed by atoms with Gasteiger partial charge in [0.2, 0.25) is 5.91 Å². The minimum absolute atomic E-state index is 0.146. The number of carbonyl (C=O) groups excluding carboxylic acids is 2. The third-order valence-electron chi connectivity index (χ3n) is 3.58. The Hall–Kier alpha value is -2.64. The highest BCUT2D eigenvalue weighted by atomic mass is 35.5. The number of nitrogens with zero attached hydrogens (tertiary/aromatic N) is 1. The Bertz CT molecular complexity index is 935. The second-order valence-corrected chi connectivity index (χ2v) is 7.11. The van der Waals surface area contributed by atoms with Crippen molar-refractivity contribution < 1.29 is 14.0 Å². The summed E-state index contributed by atoms with van der Waals surface area (Å²) in [7, 11) is 0. The highest BCUT2D eigenvalue weighted by Gasteiger charge is 2.13. The average Bonchev–Trinajstić information content (AvgIpc) is 3.21. The SMILES string of the molecule is Cc1occc1C(=O)NCC(=O)Nc1ncc(Cc2cccc(Cl)c2)s1. The van der Waals surface area contributed by atoms with Gasteiger partial charge in [0.25, 0.3) is 5.91 Å². The average molecular weight is 390 g/mol. The maximum absolute atomic E-state index is 12.0. The van der Waals surface area contributed by atoms with Gasteiger partial charge in [0.1, 0.15) is 5.76 Å². The molecule has 0 fully saturated rings. The van der Waals surface area contributed by atoms with Crippen LogP contribution < -0.4 is 10.6 Å². The van der Waals surface area contributed by atoms with Crippen LogP contribution in [0.1, 0.15) is 26.6 Å². The molecule has 8 heteroatoms. The summed E-state index contributed by atoms with van der Waals surface area (Å²) < 4.78 is 5.07. The van der Waals surface area contributed by atoms with E-state index in [0.717, 1.165) is 10.4 Å². The van der Waals surface area contributed by atoms with Gasteiger partial charge in [-0.3, -0.25) is 9.59 Å². The lowest BCUT2D eigenvalue weighted by atomic mass is 10.1. The molecule has 3 rings (SSSR count). The lowest BCUT2D eigenvalue weighted by molar-refractivity contribution is -0.115. The van der Waals surface area contributed by atoms with Crippen LogP contribution in [0.5, 0.6) is 0 Å². The third kappa shape index (κ3) is 4.71. The summed E-state index contributed by atoms with van der Waals surface area (Å²) in [5, 5.41) is 6.40. The van der Waals surface area contributed by atoms with E-state index in [0.29, 0.717) is 27.9 Å². The molecule has 0 bridgehead atoms. The van der Waals surface area contributed by atoms with Gasteiger partial charge in [-0.25, -0.2) is 4.98 Å². The first-order valence-corrected chi connectivity index (χ1v) is 9.02.